The van der Waals surface area contributed by atoms with Crippen molar-refractivity contribution in [3.8, 4) is 0 Å². The van der Waals surface area contributed by atoms with E-state index in [1.165, 1.54) is 32.1 Å². The summed E-state index contributed by atoms with van der Waals surface area (Å²) in [7, 11) is 2.23. The van der Waals surface area contributed by atoms with E-state index in [2.05, 4.69) is 29.5 Å². The van der Waals surface area contributed by atoms with E-state index >= 15 is 0 Å². The number of nitrogens with zero attached hydrogens (tertiary/aromatic N) is 1. The zero-order valence-electron chi connectivity index (χ0n) is 13.2. The van der Waals surface area contributed by atoms with Crippen molar-refractivity contribution in [2.75, 3.05) is 26.7 Å². The molecule has 116 valence electrons. The fourth-order valence-corrected chi connectivity index (χ4v) is 3.54. The van der Waals surface area contributed by atoms with Gasteiger partial charge in [-0.25, -0.2) is 0 Å². The van der Waals surface area contributed by atoms with Crippen LogP contribution < -0.4 is 10.6 Å². The van der Waals surface area contributed by atoms with Crippen molar-refractivity contribution in [3.05, 3.63) is 0 Å². The van der Waals surface area contributed by atoms with Gasteiger partial charge in [-0.3, -0.25) is 4.79 Å². The zero-order chi connectivity index (χ0) is 14.4. The van der Waals surface area contributed by atoms with Crippen LogP contribution in [0.2, 0.25) is 0 Å². The normalized spacial score (nSPS) is 27.9. The first-order chi connectivity index (χ1) is 9.68. The maximum atomic E-state index is 12.0. The lowest BCUT2D eigenvalue weighted by Crippen LogP contribution is -2.44. The Morgan fingerprint density at radius 2 is 2.00 bits per heavy atom. The minimum atomic E-state index is 0.0334. The van der Waals surface area contributed by atoms with Gasteiger partial charge in [0.15, 0.2) is 0 Å². The molecule has 0 aromatic heterocycles. The van der Waals surface area contributed by atoms with Crippen LogP contribution in [-0.4, -0.2) is 49.6 Å². The fraction of sp³-hybridized carbons (Fsp3) is 0.938. The van der Waals surface area contributed by atoms with Crippen molar-refractivity contribution in [1.29, 1.82) is 0 Å². The summed E-state index contributed by atoms with van der Waals surface area (Å²) >= 11 is 0. The van der Waals surface area contributed by atoms with Crippen molar-refractivity contribution < 1.29 is 4.79 Å². The van der Waals surface area contributed by atoms with Gasteiger partial charge in [0.1, 0.15) is 0 Å². The molecule has 0 radical (unpaired) electrons. The van der Waals surface area contributed by atoms with Crippen molar-refractivity contribution in [3.63, 3.8) is 0 Å². The first-order valence-electron chi connectivity index (χ1n) is 8.40. The van der Waals surface area contributed by atoms with E-state index in [1.807, 2.05) is 0 Å². The van der Waals surface area contributed by atoms with Gasteiger partial charge in [-0.2, -0.15) is 0 Å². The van der Waals surface area contributed by atoms with E-state index in [1.54, 1.807) is 0 Å². The van der Waals surface area contributed by atoms with Gasteiger partial charge in [0.25, 0.3) is 0 Å². The second-order valence-corrected chi connectivity index (χ2v) is 6.61. The van der Waals surface area contributed by atoms with E-state index in [0.717, 1.165) is 38.5 Å². The number of rotatable bonds is 6. The van der Waals surface area contributed by atoms with Gasteiger partial charge in [-0.15, -0.1) is 0 Å². The maximum absolute atomic E-state index is 12.0. The quantitative estimate of drug-likeness (QED) is 0.729. The standard InChI is InChI=1S/C16H31N3O/c1-13-9-11-17-15(13)16(20)18-10-6-12-19(2)14-7-4-3-5-8-14/h13-15,17H,3-12H2,1-2H3,(H,18,20). The van der Waals surface area contributed by atoms with Crippen LogP contribution in [0.25, 0.3) is 0 Å². The third-order valence-electron chi connectivity index (χ3n) is 5.00. The number of amides is 1. The average molecular weight is 281 g/mol. The van der Waals surface area contributed by atoms with Crippen LogP contribution in [0.1, 0.15) is 51.9 Å². The van der Waals surface area contributed by atoms with Crippen LogP contribution in [0.4, 0.5) is 0 Å². The molecule has 0 bridgehead atoms. The number of carbonyl (C=O) groups is 1. The van der Waals surface area contributed by atoms with Crippen molar-refractivity contribution in [2.45, 2.75) is 64.0 Å². The largest absolute Gasteiger partial charge is 0.355 e. The Morgan fingerprint density at radius 1 is 1.25 bits per heavy atom. The summed E-state index contributed by atoms with van der Waals surface area (Å²) in [6.45, 7) is 5.03. The Hall–Kier alpha value is -0.610. The molecule has 1 saturated heterocycles. The highest BCUT2D eigenvalue weighted by atomic mass is 16.2. The van der Waals surface area contributed by atoms with Crippen LogP contribution in [0.15, 0.2) is 0 Å². The van der Waals surface area contributed by atoms with E-state index in [0.29, 0.717) is 5.92 Å². The summed E-state index contributed by atoms with van der Waals surface area (Å²) < 4.78 is 0. The highest BCUT2D eigenvalue weighted by molar-refractivity contribution is 5.82. The molecular formula is C16H31N3O. The van der Waals surface area contributed by atoms with E-state index < -0.39 is 0 Å². The molecule has 2 atom stereocenters. The molecule has 1 amide bonds. The molecule has 2 N–H and O–H groups in total. The molecule has 20 heavy (non-hydrogen) atoms. The van der Waals surface area contributed by atoms with Crippen LogP contribution >= 0.6 is 0 Å². The predicted molar refractivity (Wildman–Crippen MR) is 82.7 cm³/mol. The first-order valence-corrected chi connectivity index (χ1v) is 8.40. The molecule has 2 unspecified atom stereocenters. The Labute approximate surface area is 123 Å². The van der Waals surface area contributed by atoms with Crippen LogP contribution in [0.5, 0.6) is 0 Å². The Bertz CT molecular complexity index is 302. The lowest BCUT2D eigenvalue weighted by atomic mass is 9.94. The van der Waals surface area contributed by atoms with Gasteiger partial charge in [0.05, 0.1) is 6.04 Å². The molecule has 4 heteroatoms. The molecule has 2 fully saturated rings. The molecule has 1 saturated carbocycles. The molecule has 0 aromatic rings. The van der Waals surface area contributed by atoms with Crippen LogP contribution in [-0.2, 0) is 4.79 Å². The predicted octanol–water partition coefficient (Wildman–Crippen LogP) is 1.76. The molecular weight excluding hydrogens is 250 g/mol. The molecule has 4 nitrogen and oxygen atoms in total. The summed E-state index contributed by atoms with van der Waals surface area (Å²) in [4.78, 5) is 14.5. The minimum Gasteiger partial charge on any atom is -0.355 e. The van der Waals surface area contributed by atoms with Gasteiger partial charge in [-0.05, 0) is 51.7 Å². The Morgan fingerprint density at radius 3 is 2.65 bits per heavy atom. The van der Waals surface area contributed by atoms with E-state index in [-0.39, 0.29) is 11.9 Å². The third-order valence-corrected chi connectivity index (χ3v) is 5.00. The highest BCUT2D eigenvalue weighted by Crippen LogP contribution is 2.21. The third kappa shape index (κ3) is 4.45. The second kappa shape index (κ2) is 7.99. The highest BCUT2D eigenvalue weighted by Gasteiger charge is 2.28. The Kier molecular flexibility index (Phi) is 6.30. The van der Waals surface area contributed by atoms with Gasteiger partial charge < -0.3 is 15.5 Å². The van der Waals surface area contributed by atoms with Gasteiger partial charge in [-0.1, -0.05) is 26.2 Å². The number of hydrogen-bond acceptors (Lipinski definition) is 3. The van der Waals surface area contributed by atoms with Gasteiger partial charge >= 0.3 is 0 Å². The van der Waals surface area contributed by atoms with Crippen molar-refractivity contribution in [2.24, 2.45) is 5.92 Å². The lowest BCUT2D eigenvalue weighted by molar-refractivity contribution is -0.123. The monoisotopic (exact) mass is 281 g/mol. The number of hydrogen-bond donors (Lipinski definition) is 2. The maximum Gasteiger partial charge on any atom is 0.237 e. The zero-order valence-corrected chi connectivity index (χ0v) is 13.2. The average Bonchev–Trinajstić information content (AvgIpc) is 2.90. The van der Waals surface area contributed by atoms with Crippen LogP contribution in [0.3, 0.4) is 0 Å². The summed E-state index contributed by atoms with van der Waals surface area (Å²) in [6, 6.07) is 0.807. The molecule has 2 aliphatic rings. The number of nitrogens with one attached hydrogen (secondary N) is 2. The number of carbonyl (C=O) groups excluding carboxylic acids is 1. The van der Waals surface area contributed by atoms with Crippen molar-refractivity contribution in [1.82, 2.24) is 15.5 Å². The van der Waals surface area contributed by atoms with Crippen LogP contribution in [0, 0.1) is 5.92 Å². The molecule has 2 rings (SSSR count). The Balaban J connectivity index is 1.57. The summed E-state index contributed by atoms with van der Waals surface area (Å²) in [5.74, 6) is 0.662. The summed E-state index contributed by atoms with van der Waals surface area (Å²) in [6.07, 6.45) is 9.06. The molecule has 0 aromatic carbocycles. The van der Waals surface area contributed by atoms with Gasteiger partial charge in [0.2, 0.25) is 5.91 Å². The molecule has 1 heterocycles. The van der Waals surface area contributed by atoms with Crippen molar-refractivity contribution >= 4 is 5.91 Å². The summed E-state index contributed by atoms with van der Waals surface area (Å²) in [5.41, 5.74) is 0. The second-order valence-electron chi connectivity index (χ2n) is 6.61. The molecule has 1 aliphatic heterocycles. The first kappa shape index (κ1) is 15.8. The summed E-state index contributed by atoms with van der Waals surface area (Å²) in [5, 5.41) is 6.37. The fourth-order valence-electron chi connectivity index (χ4n) is 3.54. The van der Waals surface area contributed by atoms with E-state index in [4.69, 9.17) is 0 Å². The SMILES string of the molecule is CC1CCNC1C(=O)NCCCN(C)C1CCCCC1. The molecule has 1 aliphatic carbocycles. The lowest BCUT2D eigenvalue weighted by Gasteiger charge is -2.31. The minimum absolute atomic E-state index is 0.0334. The van der Waals surface area contributed by atoms with Gasteiger partial charge in [0, 0.05) is 12.6 Å². The topological polar surface area (TPSA) is 44.4 Å². The smallest absolute Gasteiger partial charge is 0.237 e. The van der Waals surface area contributed by atoms with E-state index in [9.17, 15) is 4.79 Å². The molecule has 0 spiro atoms.